The number of nitrogens with zero attached hydrogens (tertiary/aromatic N) is 2. The van der Waals surface area contributed by atoms with Gasteiger partial charge >= 0.3 is 12.0 Å². The number of hydrogen-bond donors (Lipinski definition) is 3. The second-order valence-corrected chi connectivity index (χ2v) is 4.71. The Morgan fingerprint density at radius 2 is 1.81 bits per heavy atom. The van der Waals surface area contributed by atoms with Crippen LogP contribution in [0.2, 0.25) is 0 Å². The van der Waals surface area contributed by atoms with Gasteiger partial charge in [-0.3, -0.25) is 24.5 Å². The van der Waals surface area contributed by atoms with Crippen LogP contribution in [-0.2, 0) is 19.2 Å². The molecule has 1 unspecified atom stereocenters. The molecule has 0 saturated carbocycles. The van der Waals surface area contributed by atoms with Crippen molar-refractivity contribution in [3.8, 4) is 0 Å². The van der Waals surface area contributed by atoms with Crippen molar-refractivity contribution in [2.45, 2.75) is 12.5 Å². The van der Waals surface area contributed by atoms with Crippen LogP contribution >= 0.6 is 0 Å². The minimum atomic E-state index is -1.22. The molecule has 2 aliphatic rings. The van der Waals surface area contributed by atoms with Crippen molar-refractivity contribution in [2.75, 3.05) is 26.2 Å². The van der Waals surface area contributed by atoms with Gasteiger partial charge in [-0.25, -0.2) is 4.79 Å². The number of carboxylic acid groups (broad SMARTS) is 1. The van der Waals surface area contributed by atoms with Crippen LogP contribution in [0.15, 0.2) is 0 Å². The van der Waals surface area contributed by atoms with Gasteiger partial charge in [-0.15, -0.1) is 0 Å². The summed E-state index contributed by atoms with van der Waals surface area (Å²) in [5.41, 5.74) is 0. The molecule has 5 amide bonds. The highest BCUT2D eigenvalue weighted by molar-refractivity contribution is 6.02. The minimum Gasteiger partial charge on any atom is -0.481 e. The number of amides is 5. The third-order valence-corrected chi connectivity index (χ3v) is 3.16. The molecule has 0 aromatic rings. The summed E-state index contributed by atoms with van der Waals surface area (Å²) in [7, 11) is 0. The quantitative estimate of drug-likeness (QED) is 0.476. The highest BCUT2D eigenvalue weighted by atomic mass is 16.4. The standard InChI is InChI=1S/C11H14N4O6/c16-7-4-14(5-8(17)13-7)11(21)15-2-1-12-10(20)6(15)3-9(18)19/h6H,1-5H2,(H,12,20)(H,18,19)(H,13,16,17). The maximum absolute atomic E-state index is 12.3. The van der Waals surface area contributed by atoms with E-state index in [2.05, 4.69) is 10.6 Å². The number of carbonyl (C=O) groups is 5. The summed E-state index contributed by atoms with van der Waals surface area (Å²) in [6.07, 6.45) is -0.536. The van der Waals surface area contributed by atoms with E-state index < -0.39 is 42.2 Å². The SMILES string of the molecule is O=C(O)CC1C(=O)NCCN1C(=O)N1CC(=O)NC(=O)C1. The molecule has 21 heavy (non-hydrogen) atoms. The number of nitrogens with one attached hydrogen (secondary N) is 2. The fourth-order valence-corrected chi connectivity index (χ4v) is 2.27. The van der Waals surface area contributed by atoms with Crippen molar-refractivity contribution < 1.29 is 29.1 Å². The maximum Gasteiger partial charge on any atom is 0.321 e. The number of hydrogen-bond acceptors (Lipinski definition) is 5. The van der Waals surface area contributed by atoms with Crippen LogP contribution < -0.4 is 10.6 Å². The molecule has 2 heterocycles. The van der Waals surface area contributed by atoms with E-state index in [4.69, 9.17) is 5.11 Å². The molecule has 10 nitrogen and oxygen atoms in total. The van der Waals surface area contributed by atoms with Crippen molar-refractivity contribution in [3.05, 3.63) is 0 Å². The molecule has 114 valence electrons. The van der Waals surface area contributed by atoms with Crippen LogP contribution in [0.4, 0.5) is 4.79 Å². The van der Waals surface area contributed by atoms with E-state index in [9.17, 15) is 24.0 Å². The predicted octanol–water partition coefficient (Wildman–Crippen LogP) is -2.66. The Balaban J connectivity index is 2.14. The van der Waals surface area contributed by atoms with Crippen LogP contribution in [0, 0.1) is 0 Å². The van der Waals surface area contributed by atoms with Gasteiger partial charge in [0.2, 0.25) is 17.7 Å². The van der Waals surface area contributed by atoms with Gasteiger partial charge in [0.1, 0.15) is 19.1 Å². The van der Waals surface area contributed by atoms with E-state index >= 15 is 0 Å². The first kappa shape index (κ1) is 14.8. The van der Waals surface area contributed by atoms with Gasteiger partial charge in [-0.1, -0.05) is 0 Å². The molecule has 0 bridgehead atoms. The molecular weight excluding hydrogens is 284 g/mol. The molecule has 0 aromatic heterocycles. The third-order valence-electron chi connectivity index (χ3n) is 3.16. The summed E-state index contributed by atoms with van der Waals surface area (Å²) >= 11 is 0. The lowest BCUT2D eigenvalue weighted by atomic mass is 10.1. The van der Waals surface area contributed by atoms with Crippen LogP contribution in [0.5, 0.6) is 0 Å². The number of urea groups is 1. The van der Waals surface area contributed by atoms with Crippen molar-refractivity contribution >= 4 is 29.7 Å². The molecule has 0 aromatic carbocycles. The first-order valence-electron chi connectivity index (χ1n) is 6.26. The van der Waals surface area contributed by atoms with Crippen molar-refractivity contribution in [1.82, 2.24) is 20.4 Å². The second kappa shape index (κ2) is 5.77. The largest absolute Gasteiger partial charge is 0.481 e. The first-order valence-corrected chi connectivity index (χ1v) is 6.26. The van der Waals surface area contributed by atoms with Gasteiger partial charge in [0.15, 0.2) is 0 Å². The van der Waals surface area contributed by atoms with E-state index in [1.165, 1.54) is 0 Å². The lowest BCUT2D eigenvalue weighted by Crippen LogP contribution is -2.63. The molecule has 2 rings (SSSR count). The number of rotatable bonds is 2. The highest BCUT2D eigenvalue weighted by Crippen LogP contribution is 2.13. The predicted molar refractivity (Wildman–Crippen MR) is 65.9 cm³/mol. The Morgan fingerprint density at radius 3 is 2.38 bits per heavy atom. The summed E-state index contributed by atoms with van der Waals surface area (Å²) in [6.45, 7) is -0.297. The summed E-state index contributed by atoms with van der Waals surface area (Å²) in [4.78, 5) is 59.5. The average molecular weight is 298 g/mol. The Bertz CT molecular complexity index is 503. The average Bonchev–Trinajstić information content (AvgIpc) is 2.38. The molecule has 0 aliphatic carbocycles. The smallest absolute Gasteiger partial charge is 0.321 e. The topological polar surface area (TPSA) is 136 Å². The molecule has 0 radical (unpaired) electrons. The van der Waals surface area contributed by atoms with Gasteiger partial charge in [0, 0.05) is 13.1 Å². The summed E-state index contributed by atoms with van der Waals surface area (Å²) in [5.74, 6) is -3.02. The van der Waals surface area contributed by atoms with E-state index in [1.807, 2.05) is 0 Å². The van der Waals surface area contributed by atoms with Gasteiger partial charge in [0.25, 0.3) is 0 Å². The van der Waals surface area contributed by atoms with Crippen molar-refractivity contribution in [1.29, 1.82) is 0 Å². The molecular formula is C11H14N4O6. The summed E-state index contributed by atoms with van der Waals surface area (Å²) in [6, 6.07) is -1.84. The van der Waals surface area contributed by atoms with E-state index in [-0.39, 0.29) is 26.2 Å². The molecule has 0 spiro atoms. The number of carbonyl (C=O) groups excluding carboxylic acids is 4. The van der Waals surface area contributed by atoms with E-state index in [1.54, 1.807) is 0 Å². The van der Waals surface area contributed by atoms with Crippen LogP contribution in [-0.4, -0.2) is 76.8 Å². The molecule has 3 N–H and O–H groups in total. The first-order chi connectivity index (χ1) is 9.88. The number of imide groups is 1. The highest BCUT2D eigenvalue weighted by Gasteiger charge is 2.38. The van der Waals surface area contributed by atoms with Crippen LogP contribution in [0.1, 0.15) is 6.42 Å². The fraction of sp³-hybridized carbons (Fsp3) is 0.545. The molecule has 2 fully saturated rings. The Morgan fingerprint density at radius 1 is 1.19 bits per heavy atom. The Hall–Kier alpha value is -2.65. The zero-order valence-electron chi connectivity index (χ0n) is 11.0. The van der Waals surface area contributed by atoms with Gasteiger partial charge < -0.3 is 20.2 Å². The lowest BCUT2D eigenvalue weighted by molar-refractivity contribution is -0.142. The number of piperazine rings is 2. The Labute approximate surface area is 119 Å². The van der Waals surface area contributed by atoms with E-state index in [0.717, 1.165) is 9.80 Å². The van der Waals surface area contributed by atoms with E-state index in [0.29, 0.717) is 0 Å². The third kappa shape index (κ3) is 3.27. The maximum atomic E-state index is 12.3. The van der Waals surface area contributed by atoms with Crippen molar-refractivity contribution in [2.24, 2.45) is 0 Å². The van der Waals surface area contributed by atoms with Gasteiger partial charge in [-0.2, -0.15) is 0 Å². The summed E-state index contributed by atoms with van der Waals surface area (Å²) in [5, 5.41) is 13.4. The zero-order chi connectivity index (χ0) is 15.6. The van der Waals surface area contributed by atoms with Crippen molar-refractivity contribution in [3.63, 3.8) is 0 Å². The van der Waals surface area contributed by atoms with Gasteiger partial charge in [-0.05, 0) is 0 Å². The molecule has 2 saturated heterocycles. The zero-order valence-corrected chi connectivity index (χ0v) is 11.0. The number of aliphatic carboxylic acids is 1. The molecule has 10 heteroatoms. The Kier molecular flexibility index (Phi) is 4.05. The van der Waals surface area contributed by atoms with Crippen LogP contribution in [0.3, 0.4) is 0 Å². The summed E-state index contributed by atoms with van der Waals surface area (Å²) < 4.78 is 0. The normalized spacial score (nSPS) is 22.7. The minimum absolute atomic E-state index is 0.120. The second-order valence-electron chi connectivity index (χ2n) is 4.71. The van der Waals surface area contributed by atoms with Gasteiger partial charge in [0.05, 0.1) is 6.42 Å². The number of carboxylic acids is 1. The molecule has 2 aliphatic heterocycles. The molecule has 1 atom stereocenters. The monoisotopic (exact) mass is 298 g/mol. The fourth-order valence-electron chi connectivity index (χ4n) is 2.27. The van der Waals surface area contributed by atoms with Crippen LogP contribution in [0.25, 0.3) is 0 Å². The lowest BCUT2D eigenvalue weighted by Gasteiger charge is -2.38.